The van der Waals surface area contributed by atoms with Crippen molar-refractivity contribution in [2.45, 2.75) is 20.8 Å². The summed E-state index contributed by atoms with van der Waals surface area (Å²) in [6, 6.07) is 12.3. The molecule has 0 unspecified atom stereocenters. The zero-order valence-corrected chi connectivity index (χ0v) is 22.8. The molecule has 1 aromatic heterocycles. The number of carbonyl (C=O) groups is 1. The van der Waals surface area contributed by atoms with Crippen molar-refractivity contribution >= 4 is 32.4 Å². The Labute approximate surface area is 225 Å². The van der Waals surface area contributed by atoms with E-state index in [2.05, 4.69) is 16.6 Å². The number of hydrogen-bond acceptors (Lipinski definition) is 5. The number of aromatic nitrogens is 1. The van der Waals surface area contributed by atoms with E-state index < -0.39 is 15.8 Å². The number of aryl methyl sites for hydroxylation is 3. The van der Waals surface area contributed by atoms with Crippen LogP contribution in [-0.4, -0.2) is 25.4 Å². The van der Waals surface area contributed by atoms with Crippen LogP contribution in [-0.2, 0) is 17.1 Å². The molecule has 0 saturated heterocycles. The molecule has 202 valence electrons. The zero-order chi connectivity index (χ0) is 28.5. The van der Waals surface area contributed by atoms with E-state index >= 15 is 0 Å². The van der Waals surface area contributed by atoms with Crippen LogP contribution in [0.4, 0.5) is 10.1 Å². The molecule has 0 saturated carbocycles. The standard InChI is InChI=1S/C29H28FN3O5S/c1-6-31-28(34)19-8-10-22-24(14-19)29(35)33(5)16-25(22)23-15-21(32-39(36,37)7-2)9-11-26(23)38-27-17(3)12-20(30)13-18(27)4/h7-16,32H,2,6H2,1,3-5H3,(H,31,34). The Balaban J connectivity index is 1.99. The number of sulfonamides is 1. The quantitative estimate of drug-likeness (QED) is 0.307. The van der Waals surface area contributed by atoms with Gasteiger partial charge in [0.25, 0.3) is 21.5 Å². The molecule has 0 radical (unpaired) electrons. The normalized spacial score (nSPS) is 11.3. The van der Waals surface area contributed by atoms with Gasteiger partial charge in [-0.15, -0.1) is 0 Å². The lowest BCUT2D eigenvalue weighted by molar-refractivity contribution is 0.0956. The summed E-state index contributed by atoms with van der Waals surface area (Å²) in [5.74, 6) is 0.101. The Hall–Kier alpha value is -4.44. The second kappa shape index (κ2) is 10.7. The monoisotopic (exact) mass is 549 g/mol. The number of rotatable bonds is 8. The number of halogens is 1. The highest BCUT2D eigenvalue weighted by molar-refractivity contribution is 7.95. The molecule has 2 N–H and O–H groups in total. The van der Waals surface area contributed by atoms with Gasteiger partial charge in [0.2, 0.25) is 0 Å². The van der Waals surface area contributed by atoms with E-state index in [9.17, 15) is 22.4 Å². The van der Waals surface area contributed by atoms with E-state index in [1.54, 1.807) is 58.3 Å². The van der Waals surface area contributed by atoms with Crippen molar-refractivity contribution in [1.82, 2.24) is 9.88 Å². The summed E-state index contributed by atoms with van der Waals surface area (Å²) in [5.41, 5.74) is 2.44. The number of amides is 1. The maximum absolute atomic E-state index is 13.9. The Bertz CT molecular complexity index is 1770. The molecule has 0 aliphatic rings. The largest absolute Gasteiger partial charge is 0.456 e. The van der Waals surface area contributed by atoms with E-state index in [0.29, 0.717) is 56.6 Å². The zero-order valence-electron chi connectivity index (χ0n) is 22.0. The highest BCUT2D eigenvalue weighted by atomic mass is 32.2. The number of carbonyl (C=O) groups excluding carboxylic acids is 1. The topological polar surface area (TPSA) is 106 Å². The predicted molar refractivity (Wildman–Crippen MR) is 151 cm³/mol. The van der Waals surface area contributed by atoms with Gasteiger partial charge in [0.1, 0.15) is 17.3 Å². The molecule has 0 spiro atoms. The Morgan fingerprint density at radius 3 is 2.38 bits per heavy atom. The van der Waals surface area contributed by atoms with Gasteiger partial charge in [-0.25, -0.2) is 12.8 Å². The molecule has 1 amide bonds. The third-order valence-electron chi connectivity index (χ3n) is 6.17. The summed E-state index contributed by atoms with van der Waals surface area (Å²) in [7, 11) is -2.22. The van der Waals surface area contributed by atoms with Crippen LogP contribution in [0.3, 0.4) is 0 Å². The average molecular weight is 550 g/mol. The van der Waals surface area contributed by atoms with E-state index in [4.69, 9.17) is 4.74 Å². The van der Waals surface area contributed by atoms with Crippen molar-refractivity contribution in [2.24, 2.45) is 7.05 Å². The molecule has 0 bridgehead atoms. The van der Waals surface area contributed by atoms with Crippen molar-refractivity contribution < 1.29 is 22.3 Å². The fourth-order valence-corrected chi connectivity index (χ4v) is 4.89. The number of anilines is 1. The van der Waals surface area contributed by atoms with Crippen LogP contribution < -0.4 is 20.3 Å². The van der Waals surface area contributed by atoms with Crippen molar-refractivity contribution in [1.29, 1.82) is 0 Å². The van der Waals surface area contributed by atoms with Crippen LogP contribution in [0.2, 0.25) is 0 Å². The van der Waals surface area contributed by atoms with Gasteiger partial charge in [-0.3, -0.25) is 14.3 Å². The van der Waals surface area contributed by atoms with E-state index in [1.807, 2.05) is 0 Å². The van der Waals surface area contributed by atoms with Gasteiger partial charge in [0.15, 0.2) is 0 Å². The molecule has 0 aliphatic carbocycles. The molecule has 4 aromatic rings. The molecule has 0 atom stereocenters. The molecule has 4 rings (SSSR count). The molecule has 0 aliphatic heterocycles. The summed E-state index contributed by atoms with van der Waals surface area (Å²) in [5, 5.41) is 4.36. The minimum absolute atomic E-state index is 0.241. The van der Waals surface area contributed by atoms with Crippen molar-refractivity contribution in [3.8, 4) is 22.6 Å². The Kier molecular flexibility index (Phi) is 7.60. The first-order valence-electron chi connectivity index (χ1n) is 12.1. The maximum atomic E-state index is 13.9. The number of nitrogens with one attached hydrogen (secondary N) is 2. The second-order valence-corrected chi connectivity index (χ2v) is 10.7. The van der Waals surface area contributed by atoms with Crippen molar-refractivity contribution in [3.05, 3.63) is 99.6 Å². The molecule has 0 fully saturated rings. The number of fused-ring (bicyclic) bond motifs is 1. The minimum atomic E-state index is -3.81. The second-order valence-electron chi connectivity index (χ2n) is 9.07. The van der Waals surface area contributed by atoms with Crippen LogP contribution in [0.15, 0.2) is 71.5 Å². The lowest BCUT2D eigenvalue weighted by Gasteiger charge is -2.18. The first-order valence-corrected chi connectivity index (χ1v) is 13.6. The molecule has 1 heterocycles. The number of pyridine rings is 1. The third-order valence-corrected chi connectivity index (χ3v) is 7.13. The van der Waals surface area contributed by atoms with Gasteiger partial charge >= 0.3 is 0 Å². The Morgan fingerprint density at radius 1 is 1.05 bits per heavy atom. The van der Waals surface area contributed by atoms with Crippen LogP contribution in [0.25, 0.3) is 21.9 Å². The van der Waals surface area contributed by atoms with Gasteiger partial charge in [0.05, 0.1) is 0 Å². The lowest BCUT2D eigenvalue weighted by atomic mass is 9.97. The summed E-state index contributed by atoms with van der Waals surface area (Å²) in [6.07, 6.45) is 1.62. The molecule has 10 heteroatoms. The third kappa shape index (κ3) is 5.70. The minimum Gasteiger partial charge on any atom is -0.456 e. The maximum Gasteiger partial charge on any atom is 0.258 e. The van der Waals surface area contributed by atoms with Crippen LogP contribution in [0.1, 0.15) is 28.4 Å². The van der Waals surface area contributed by atoms with Crippen LogP contribution in [0.5, 0.6) is 11.5 Å². The number of benzene rings is 3. The molecule has 39 heavy (non-hydrogen) atoms. The lowest BCUT2D eigenvalue weighted by Crippen LogP contribution is -2.23. The highest BCUT2D eigenvalue weighted by Crippen LogP contribution is 2.40. The molecular weight excluding hydrogens is 521 g/mol. The van der Waals surface area contributed by atoms with Crippen LogP contribution in [0, 0.1) is 19.7 Å². The number of nitrogens with zero attached hydrogens (tertiary/aromatic N) is 1. The number of ether oxygens (including phenoxy) is 1. The van der Waals surface area contributed by atoms with Crippen molar-refractivity contribution in [2.75, 3.05) is 11.3 Å². The van der Waals surface area contributed by atoms with Gasteiger partial charge in [-0.2, -0.15) is 0 Å². The van der Waals surface area contributed by atoms with Gasteiger partial charge in [-0.1, -0.05) is 12.6 Å². The SMILES string of the molecule is C=CS(=O)(=O)Nc1ccc(Oc2c(C)cc(F)cc2C)c(-c2cn(C)c(=O)c3cc(C(=O)NCC)ccc23)c1. The van der Waals surface area contributed by atoms with Crippen LogP contribution >= 0.6 is 0 Å². The average Bonchev–Trinajstić information content (AvgIpc) is 2.88. The first-order chi connectivity index (χ1) is 18.4. The van der Waals surface area contributed by atoms with Gasteiger partial charge in [0, 0.05) is 53.0 Å². The van der Waals surface area contributed by atoms with E-state index in [-0.39, 0.29) is 17.2 Å². The molecule has 8 nitrogen and oxygen atoms in total. The smallest absolute Gasteiger partial charge is 0.258 e. The molecular formula is C29H28FN3O5S. The molecule has 3 aromatic carbocycles. The van der Waals surface area contributed by atoms with Gasteiger partial charge in [-0.05, 0) is 79.7 Å². The Morgan fingerprint density at radius 2 is 1.74 bits per heavy atom. The highest BCUT2D eigenvalue weighted by Gasteiger charge is 2.19. The predicted octanol–water partition coefficient (Wildman–Crippen LogP) is 5.39. The summed E-state index contributed by atoms with van der Waals surface area (Å²) in [6.45, 7) is 9.02. The summed E-state index contributed by atoms with van der Waals surface area (Å²) in [4.78, 5) is 25.5. The fourth-order valence-electron chi connectivity index (χ4n) is 4.35. The van der Waals surface area contributed by atoms with E-state index in [1.165, 1.54) is 28.8 Å². The van der Waals surface area contributed by atoms with Gasteiger partial charge < -0.3 is 14.6 Å². The van der Waals surface area contributed by atoms with E-state index in [0.717, 1.165) is 5.41 Å². The fraction of sp³-hybridized carbons (Fsp3) is 0.172. The summed E-state index contributed by atoms with van der Waals surface area (Å²) >= 11 is 0. The summed E-state index contributed by atoms with van der Waals surface area (Å²) < 4.78 is 48.5. The first kappa shape index (κ1) is 27.6. The van der Waals surface area contributed by atoms with Crippen molar-refractivity contribution in [3.63, 3.8) is 0 Å². The number of hydrogen-bond donors (Lipinski definition) is 2.